The minimum Gasteiger partial charge on any atom is -0.0825 e. The Morgan fingerprint density at radius 2 is 2.15 bits per heavy atom. The Balaban J connectivity index is 2.65. The van der Waals surface area contributed by atoms with Gasteiger partial charge in [-0.05, 0) is 43.9 Å². The topological polar surface area (TPSA) is 0 Å². The SMILES string of the molecule is CCC1CCC1(C)C(C)C=C(C)C. The average molecular weight is 180 g/mol. The van der Waals surface area contributed by atoms with Crippen LogP contribution < -0.4 is 0 Å². The van der Waals surface area contributed by atoms with Gasteiger partial charge in [0.15, 0.2) is 0 Å². The number of hydrogen-bond donors (Lipinski definition) is 0. The van der Waals surface area contributed by atoms with E-state index in [9.17, 15) is 0 Å². The minimum atomic E-state index is 0.603. The van der Waals surface area contributed by atoms with Crippen molar-refractivity contribution in [3.63, 3.8) is 0 Å². The van der Waals surface area contributed by atoms with E-state index in [1.807, 2.05) is 0 Å². The highest BCUT2D eigenvalue weighted by molar-refractivity contribution is 5.06. The Morgan fingerprint density at radius 3 is 2.46 bits per heavy atom. The molecule has 0 aromatic rings. The molecular weight excluding hydrogens is 156 g/mol. The normalized spacial score (nSPS) is 35.0. The van der Waals surface area contributed by atoms with E-state index in [1.54, 1.807) is 0 Å². The lowest BCUT2D eigenvalue weighted by Gasteiger charge is -2.50. The predicted octanol–water partition coefficient (Wildman–Crippen LogP) is 4.42. The van der Waals surface area contributed by atoms with Gasteiger partial charge >= 0.3 is 0 Å². The lowest BCUT2D eigenvalue weighted by atomic mass is 9.54. The zero-order valence-electron chi connectivity index (χ0n) is 9.85. The highest BCUT2D eigenvalue weighted by Gasteiger charge is 2.44. The molecule has 0 amide bonds. The highest BCUT2D eigenvalue weighted by Crippen LogP contribution is 2.53. The van der Waals surface area contributed by atoms with Crippen LogP contribution in [0.3, 0.4) is 0 Å². The summed E-state index contributed by atoms with van der Waals surface area (Å²) in [4.78, 5) is 0. The van der Waals surface area contributed by atoms with Crippen molar-refractivity contribution in [2.45, 2.75) is 53.9 Å². The molecule has 0 aliphatic heterocycles. The van der Waals surface area contributed by atoms with E-state index >= 15 is 0 Å². The van der Waals surface area contributed by atoms with Crippen molar-refractivity contribution in [1.29, 1.82) is 0 Å². The van der Waals surface area contributed by atoms with Gasteiger partial charge in [-0.2, -0.15) is 0 Å². The standard InChI is InChI=1S/C13H24/c1-6-12-7-8-13(12,5)11(4)9-10(2)3/h9,11-12H,6-8H2,1-5H3. The first-order chi connectivity index (χ1) is 6.00. The van der Waals surface area contributed by atoms with Crippen LogP contribution in [-0.4, -0.2) is 0 Å². The molecule has 0 spiro atoms. The van der Waals surface area contributed by atoms with Crippen LogP contribution in [0.2, 0.25) is 0 Å². The highest BCUT2D eigenvalue weighted by atomic mass is 14.5. The molecule has 0 heterocycles. The van der Waals surface area contributed by atoms with Crippen LogP contribution in [0.15, 0.2) is 11.6 Å². The molecule has 76 valence electrons. The summed E-state index contributed by atoms with van der Waals surface area (Å²) < 4.78 is 0. The van der Waals surface area contributed by atoms with Crippen molar-refractivity contribution in [1.82, 2.24) is 0 Å². The van der Waals surface area contributed by atoms with E-state index in [2.05, 4.69) is 40.7 Å². The molecule has 0 aromatic carbocycles. The molecule has 1 saturated carbocycles. The fraction of sp³-hybridized carbons (Fsp3) is 0.846. The molecule has 0 N–H and O–H groups in total. The summed E-state index contributed by atoms with van der Waals surface area (Å²) in [6.45, 7) is 11.6. The summed E-state index contributed by atoms with van der Waals surface area (Å²) in [6, 6.07) is 0. The van der Waals surface area contributed by atoms with E-state index in [4.69, 9.17) is 0 Å². The summed E-state index contributed by atoms with van der Waals surface area (Å²) in [5.41, 5.74) is 2.07. The second-order valence-corrected chi connectivity index (χ2v) is 5.18. The second-order valence-electron chi connectivity index (χ2n) is 5.18. The fourth-order valence-electron chi connectivity index (χ4n) is 2.76. The maximum Gasteiger partial charge on any atom is -0.0203 e. The molecule has 0 nitrogen and oxygen atoms in total. The van der Waals surface area contributed by atoms with Crippen molar-refractivity contribution < 1.29 is 0 Å². The summed E-state index contributed by atoms with van der Waals surface area (Å²) in [6.07, 6.45) is 6.68. The van der Waals surface area contributed by atoms with Crippen LogP contribution in [0, 0.1) is 17.3 Å². The molecule has 1 aliphatic rings. The zero-order chi connectivity index (χ0) is 10.1. The van der Waals surface area contributed by atoms with Crippen LogP contribution in [0.5, 0.6) is 0 Å². The Hall–Kier alpha value is -0.260. The molecule has 3 atom stereocenters. The van der Waals surface area contributed by atoms with Gasteiger partial charge < -0.3 is 0 Å². The molecule has 0 bridgehead atoms. The lowest BCUT2D eigenvalue weighted by molar-refractivity contribution is 0.00970. The molecule has 1 fully saturated rings. The molecule has 0 saturated heterocycles. The zero-order valence-corrected chi connectivity index (χ0v) is 9.85. The first-order valence-electron chi connectivity index (χ1n) is 5.65. The summed E-state index contributed by atoms with van der Waals surface area (Å²) >= 11 is 0. The lowest BCUT2D eigenvalue weighted by Crippen LogP contribution is -2.41. The maximum atomic E-state index is 2.47. The first kappa shape index (κ1) is 10.8. The van der Waals surface area contributed by atoms with Crippen molar-refractivity contribution in [2.75, 3.05) is 0 Å². The van der Waals surface area contributed by atoms with E-state index in [0.29, 0.717) is 5.41 Å². The average Bonchev–Trinajstić information content (AvgIpc) is 2.00. The Bertz CT molecular complexity index is 196. The third kappa shape index (κ3) is 1.98. The van der Waals surface area contributed by atoms with Gasteiger partial charge in [0.2, 0.25) is 0 Å². The maximum absolute atomic E-state index is 2.47. The van der Waals surface area contributed by atoms with E-state index in [-0.39, 0.29) is 0 Å². The first-order valence-corrected chi connectivity index (χ1v) is 5.65. The van der Waals surface area contributed by atoms with Gasteiger partial charge in [0.05, 0.1) is 0 Å². The van der Waals surface area contributed by atoms with Crippen LogP contribution in [0.1, 0.15) is 53.9 Å². The van der Waals surface area contributed by atoms with Gasteiger partial charge in [0.25, 0.3) is 0 Å². The van der Waals surface area contributed by atoms with Crippen LogP contribution in [0.4, 0.5) is 0 Å². The molecule has 3 unspecified atom stereocenters. The van der Waals surface area contributed by atoms with Gasteiger partial charge in [-0.25, -0.2) is 0 Å². The van der Waals surface area contributed by atoms with Crippen LogP contribution in [0.25, 0.3) is 0 Å². The fourth-order valence-corrected chi connectivity index (χ4v) is 2.76. The van der Waals surface area contributed by atoms with Crippen LogP contribution in [-0.2, 0) is 0 Å². The Labute approximate surface area is 83.4 Å². The van der Waals surface area contributed by atoms with Crippen molar-refractivity contribution in [3.8, 4) is 0 Å². The molecule has 0 aromatic heterocycles. The summed E-state index contributed by atoms with van der Waals surface area (Å²) in [5, 5.41) is 0. The number of allylic oxidation sites excluding steroid dienone is 2. The van der Waals surface area contributed by atoms with Gasteiger partial charge in [-0.15, -0.1) is 0 Å². The van der Waals surface area contributed by atoms with Gasteiger partial charge in [0.1, 0.15) is 0 Å². The van der Waals surface area contributed by atoms with Crippen LogP contribution >= 0.6 is 0 Å². The summed E-state index contributed by atoms with van der Waals surface area (Å²) in [5.74, 6) is 1.73. The predicted molar refractivity (Wildman–Crippen MR) is 59.7 cm³/mol. The monoisotopic (exact) mass is 180 g/mol. The number of hydrogen-bond acceptors (Lipinski definition) is 0. The Morgan fingerprint density at radius 1 is 1.54 bits per heavy atom. The van der Waals surface area contributed by atoms with Crippen molar-refractivity contribution >= 4 is 0 Å². The van der Waals surface area contributed by atoms with E-state index in [0.717, 1.165) is 11.8 Å². The van der Waals surface area contributed by atoms with E-state index in [1.165, 1.54) is 24.8 Å². The quantitative estimate of drug-likeness (QED) is 0.564. The minimum absolute atomic E-state index is 0.603. The third-order valence-electron chi connectivity index (χ3n) is 4.08. The molecular formula is C13H24. The largest absolute Gasteiger partial charge is 0.0825 e. The summed E-state index contributed by atoms with van der Waals surface area (Å²) in [7, 11) is 0. The van der Waals surface area contributed by atoms with E-state index < -0.39 is 0 Å². The molecule has 1 rings (SSSR count). The van der Waals surface area contributed by atoms with Crippen molar-refractivity contribution in [2.24, 2.45) is 17.3 Å². The molecule has 1 aliphatic carbocycles. The van der Waals surface area contributed by atoms with Gasteiger partial charge in [-0.3, -0.25) is 0 Å². The third-order valence-corrected chi connectivity index (χ3v) is 4.08. The molecule has 0 heteroatoms. The molecule has 0 radical (unpaired) electrons. The second kappa shape index (κ2) is 3.86. The smallest absolute Gasteiger partial charge is 0.0203 e. The van der Waals surface area contributed by atoms with Gasteiger partial charge in [-0.1, -0.05) is 38.8 Å². The number of rotatable bonds is 3. The van der Waals surface area contributed by atoms with Crippen molar-refractivity contribution in [3.05, 3.63) is 11.6 Å². The van der Waals surface area contributed by atoms with Gasteiger partial charge in [0, 0.05) is 0 Å². The molecule has 13 heavy (non-hydrogen) atoms. The Kier molecular flexibility index (Phi) is 3.21.